The van der Waals surface area contributed by atoms with Gasteiger partial charge in [0.25, 0.3) is 0 Å². The molecule has 0 atom stereocenters. The van der Waals surface area contributed by atoms with Crippen LogP contribution in [0, 0.1) is 0 Å². The zero-order chi connectivity index (χ0) is 18.1. The first-order valence-electron chi connectivity index (χ1n) is 8.72. The highest BCUT2D eigenvalue weighted by molar-refractivity contribution is 7.98. The summed E-state index contributed by atoms with van der Waals surface area (Å²) < 4.78 is 5.37. The molecule has 25 heavy (non-hydrogen) atoms. The van der Waals surface area contributed by atoms with Crippen molar-refractivity contribution in [3.63, 3.8) is 0 Å². The molecule has 0 bridgehead atoms. The molecule has 0 saturated heterocycles. The van der Waals surface area contributed by atoms with Crippen LogP contribution in [0.25, 0.3) is 21.8 Å². The molecule has 1 N–H and O–H groups in total. The number of ether oxygens (including phenoxy) is 1. The first-order chi connectivity index (χ1) is 11.9. The number of benzene rings is 2. The minimum absolute atomic E-state index is 0.0911. The van der Waals surface area contributed by atoms with Crippen molar-refractivity contribution in [2.24, 2.45) is 0 Å². The predicted molar refractivity (Wildman–Crippen MR) is 107 cm³/mol. The number of esters is 1. The third-order valence-corrected chi connectivity index (χ3v) is 5.25. The van der Waals surface area contributed by atoms with E-state index in [1.807, 2.05) is 19.9 Å². The van der Waals surface area contributed by atoms with Gasteiger partial charge in [-0.3, -0.25) is 4.79 Å². The highest BCUT2D eigenvalue weighted by atomic mass is 32.2. The third-order valence-electron chi connectivity index (χ3n) is 4.37. The largest absolute Gasteiger partial charge is 0.463 e. The molecule has 0 aliphatic heterocycles. The van der Waals surface area contributed by atoms with Gasteiger partial charge in [-0.2, -0.15) is 0 Å². The lowest BCUT2D eigenvalue weighted by Gasteiger charge is -2.16. The SMILES string of the molecule is CSc1c(CC(=O)OC(C)C)cc(C(C)C)c2c1[nH]c1ccccc12. The molecule has 3 nitrogen and oxygen atoms in total. The smallest absolute Gasteiger partial charge is 0.310 e. The normalized spacial score (nSPS) is 11.8. The van der Waals surface area contributed by atoms with E-state index in [1.165, 1.54) is 16.3 Å². The van der Waals surface area contributed by atoms with E-state index in [0.717, 1.165) is 21.5 Å². The predicted octanol–water partition coefficient (Wildman–Crippen LogP) is 5.66. The fourth-order valence-corrected chi connectivity index (χ4v) is 4.13. The van der Waals surface area contributed by atoms with E-state index < -0.39 is 0 Å². The van der Waals surface area contributed by atoms with Gasteiger partial charge in [-0.15, -0.1) is 11.8 Å². The Labute approximate surface area is 153 Å². The van der Waals surface area contributed by atoms with Gasteiger partial charge in [0, 0.05) is 21.2 Å². The molecule has 0 aliphatic rings. The minimum atomic E-state index is -0.171. The number of thioether (sulfide) groups is 1. The van der Waals surface area contributed by atoms with Crippen LogP contribution >= 0.6 is 11.8 Å². The van der Waals surface area contributed by atoms with E-state index in [2.05, 4.69) is 49.4 Å². The second kappa shape index (κ2) is 7.12. The van der Waals surface area contributed by atoms with Crippen molar-refractivity contribution < 1.29 is 9.53 Å². The van der Waals surface area contributed by atoms with Crippen LogP contribution in [-0.4, -0.2) is 23.3 Å². The number of hydrogen-bond donors (Lipinski definition) is 1. The second-order valence-electron chi connectivity index (χ2n) is 6.95. The van der Waals surface area contributed by atoms with Gasteiger partial charge in [-0.1, -0.05) is 38.1 Å². The molecule has 0 radical (unpaired) electrons. The lowest BCUT2D eigenvalue weighted by molar-refractivity contribution is -0.146. The summed E-state index contributed by atoms with van der Waals surface area (Å²) in [5, 5.41) is 2.52. The Morgan fingerprint density at radius 2 is 1.92 bits per heavy atom. The van der Waals surface area contributed by atoms with Crippen LogP contribution < -0.4 is 0 Å². The highest BCUT2D eigenvalue weighted by Crippen LogP contribution is 2.39. The summed E-state index contributed by atoms with van der Waals surface area (Å²) in [7, 11) is 0. The molecule has 3 aromatic rings. The van der Waals surface area contributed by atoms with Crippen molar-refractivity contribution in [1.82, 2.24) is 4.98 Å². The maximum absolute atomic E-state index is 12.2. The Bertz CT molecular complexity index is 924. The summed E-state index contributed by atoms with van der Waals surface area (Å²) in [6.07, 6.45) is 2.28. The van der Waals surface area contributed by atoms with E-state index in [9.17, 15) is 4.79 Å². The van der Waals surface area contributed by atoms with Gasteiger partial charge < -0.3 is 9.72 Å². The molecule has 0 unspecified atom stereocenters. The number of nitrogens with one attached hydrogen (secondary N) is 1. The van der Waals surface area contributed by atoms with Gasteiger partial charge in [-0.25, -0.2) is 0 Å². The van der Waals surface area contributed by atoms with Gasteiger partial charge in [0.15, 0.2) is 0 Å². The molecule has 0 saturated carbocycles. The van der Waals surface area contributed by atoms with Gasteiger partial charge in [0.05, 0.1) is 18.0 Å². The summed E-state index contributed by atoms with van der Waals surface area (Å²) in [5.41, 5.74) is 4.59. The zero-order valence-electron chi connectivity index (χ0n) is 15.5. The Kier molecular flexibility index (Phi) is 5.09. The van der Waals surface area contributed by atoms with Crippen LogP contribution in [0.2, 0.25) is 0 Å². The first-order valence-corrected chi connectivity index (χ1v) is 9.94. The molecule has 1 heterocycles. The third kappa shape index (κ3) is 3.40. The quantitative estimate of drug-likeness (QED) is 0.474. The topological polar surface area (TPSA) is 42.1 Å². The van der Waals surface area contributed by atoms with E-state index in [-0.39, 0.29) is 12.1 Å². The van der Waals surface area contributed by atoms with Crippen LogP contribution in [-0.2, 0) is 16.0 Å². The number of carbonyl (C=O) groups is 1. The fourth-order valence-electron chi connectivity index (χ4n) is 3.38. The van der Waals surface area contributed by atoms with Crippen molar-refractivity contribution in [3.8, 4) is 0 Å². The lowest BCUT2D eigenvalue weighted by atomic mass is 9.94. The van der Waals surface area contributed by atoms with Crippen molar-refractivity contribution in [1.29, 1.82) is 0 Å². The Morgan fingerprint density at radius 1 is 1.20 bits per heavy atom. The standard InChI is InChI=1S/C21H25NO2S/c1-12(2)16-10-14(11-18(23)24-13(3)4)21(25-5)20-19(16)15-8-6-7-9-17(15)22-20/h6-10,12-13,22H,11H2,1-5H3. The van der Waals surface area contributed by atoms with Crippen molar-refractivity contribution in [2.75, 3.05) is 6.26 Å². The van der Waals surface area contributed by atoms with E-state index >= 15 is 0 Å². The second-order valence-corrected chi connectivity index (χ2v) is 7.77. The maximum Gasteiger partial charge on any atom is 0.310 e. The van der Waals surface area contributed by atoms with Crippen LogP contribution in [0.3, 0.4) is 0 Å². The van der Waals surface area contributed by atoms with Gasteiger partial charge in [-0.05, 0) is 43.2 Å². The monoisotopic (exact) mass is 355 g/mol. The molecule has 132 valence electrons. The molecule has 1 aromatic heterocycles. The van der Waals surface area contributed by atoms with E-state index in [4.69, 9.17) is 4.74 Å². The Hall–Kier alpha value is -1.94. The van der Waals surface area contributed by atoms with Crippen molar-refractivity contribution in [2.45, 2.75) is 51.0 Å². The van der Waals surface area contributed by atoms with Crippen LogP contribution in [0.5, 0.6) is 0 Å². The van der Waals surface area contributed by atoms with Gasteiger partial charge in [0.2, 0.25) is 0 Å². The fraction of sp³-hybridized carbons (Fsp3) is 0.381. The number of para-hydroxylation sites is 1. The number of aromatic amines is 1. The molecule has 2 aromatic carbocycles. The molecule has 0 amide bonds. The molecular weight excluding hydrogens is 330 g/mol. The number of hydrogen-bond acceptors (Lipinski definition) is 3. The average molecular weight is 356 g/mol. The minimum Gasteiger partial charge on any atom is -0.463 e. The summed E-state index contributed by atoms with van der Waals surface area (Å²) >= 11 is 1.68. The lowest BCUT2D eigenvalue weighted by Crippen LogP contribution is -2.14. The number of aromatic nitrogens is 1. The molecular formula is C21H25NO2S. The molecule has 0 fully saturated rings. The summed E-state index contributed by atoms with van der Waals surface area (Å²) in [6, 6.07) is 10.6. The zero-order valence-corrected chi connectivity index (χ0v) is 16.3. The Balaban J connectivity index is 2.24. The van der Waals surface area contributed by atoms with Crippen molar-refractivity contribution >= 4 is 39.5 Å². The van der Waals surface area contributed by atoms with E-state index in [0.29, 0.717) is 12.3 Å². The summed E-state index contributed by atoms with van der Waals surface area (Å²) in [6.45, 7) is 8.17. The van der Waals surface area contributed by atoms with Crippen molar-refractivity contribution in [3.05, 3.63) is 41.5 Å². The number of rotatable bonds is 5. The highest BCUT2D eigenvalue weighted by Gasteiger charge is 2.20. The number of fused-ring (bicyclic) bond motifs is 3. The van der Waals surface area contributed by atoms with Crippen LogP contribution in [0.1, 0.15) is 44.7 Å². The molecule has 0 spiro atoms. The number of H-pyrrole nitrogens is 1. The maximum atomic E-state index is 12.2. The van der Waals surface area contributed by atoms with Crippen LogP contribution in [0.4, 0.5) is 0 Å². The molecule has 4 heteroatoms. The first kappa shape index (κ1) is 17.9. The average Bonchev–Trinajstić information content (AvgIpc) is 2.92. The van der Waals surface area contributed by atoms with Gasteiger partial charge in [0.1, 0.15) is 0 Å². The van der Waals surface area contributed by atoms with E-state index in [1.54, 1.807) is 11.8 Å². The van der Waals surface area contributed by atoms with Crippen LogP contribution in [0.15, 0.2) is 35.2 Å². The summed E-state index contributed by atoms with van der Waals surface area (Å²) in [5.74, 6) is 0.202. The van der Waals surface area contributed by atoms with Gasteiger partial charge >= 0.3 is 5.97 Å². The number of carbonyl (C=O) groups excluding carboxylic acids is 1. The summed E-state index contributed by atoms with van der Waals surface area (Å²) in [4.78, 5) is 16.9. The molecule has 3 rings (SSSR count). The Morgan fingerprint density at radius 3 is 2.56 bits per heavy atom. The molecule has 0 aliphatic carbocycles.